The van der Waals surface area contributed by atoms with Gasteiger partial charge in [0.1, 0.15) is 0 Å². The predicted octanol–water partition coefficient (Wildman–Crippen LogP) is -0.765. The van der Waals surface area contributed by atoms with Crippen LogP contribution in [0.5, 0.6) is 0 Å². The molecule has 1 fully saturated rings. The zero-order chi connectivity index (χ0) is 13.0. The van der Waals surface area contributed by atoms with E-state index in [0.717, 1.165) is 0 Å². The molecule has 1 heterocycles. The van der Waals surface area contributed by atoms with Gasteiger partial charge in [-0.25, -0.2) is 0 Å². The number of imide groups is 1. The molecule has 0 aromatic rings. The van der Waals surface area contributed by atoms with Crippen molar-refractivity contribution in [1.82, 2.24) is 10.2 Å². The molecule has 0 aromatic carbocycles. The Hall–Kier alpha value is -1.43. The second-order valence-electron chi connectivity index (χ2n) is 4.50. The highest BCUT2D eigenvalue weighted by Crippen LogP contribution is 2.10. The van der Waals surface area contributed by atoms with E-state index >= 15 is 0 Å². The summed E-state index contributed by atoms with van der Waals surface area (Å²) in [6.07, 6.45) is 0.552. The zero-order valence-corrected chi connectivity index (χ0v) is 10.2. The van der Waals surface area contributed by atoms with Crippen molar-refractivity contribution in [3.8, 4) is 0 Å². The van der Waals surface area contributed by atoms with Gasteiger partial charge in [0.05, 0.1) is 6.04 Å². The molecule has 1 rings (SSSR count). The van der Waals surface area contributed by atoms with Crippen molar-refractivity contribution in [2.75, 3.05) is 13.1 Å². The summed E-state index contributed by atoms with van der Waals surface area (Å²) in [6, 6.07) is -0.556. The number of rotatable bonds is 5. The van der Waals surface area contributed by atoms with Crippen molar-refractivity contribution in [2.45, 2.75) is 32.7 Å². The number of hydrogen-bond donors (Lipinski definition) is 2. The third-order valence-electron chi connectivity index (χ3n) is 2.81. The van der Waals surface area contributed by atoms with Gasteiger partial charge in [0.25, 0.3) is 0 Å². The van der Waals surface area contributed by atoms with Gasteiger partial charge in [0, 0.05) is 25.9 Å². The standard InChI is InChI=1S/C11H19N3O3/c1-7(2)10(12)11(17)13-5-6-14-8(15)3-4-9(14)16/h7,10H,3-6,12H2,1-2H3,(H,13,17)/t10-/m0/s1. The fraction of sp³-hybridized carbons (Fsp3) is 0.727. The van der Waals surface area contributed by atoms with E-state index in [0.29, 0.717) is 0 Å². The Balaban J connectivity index is 2.30. The van der Waals surface area contributed by atoms with E-state index in [4.69, 9.17) is 5.73 Å². The lowest BCUT2D eigenvalue weighted by Crippen LogP contribution is -2.46. The highest BCUT2D eigenvalue weighted by Gasteiger charge is 2.28. The van der Waals surface area contributed by atoms with Crippen LogP contribution >= 0.6 is 0 Å². The minimum Gasteiger partial charge on any atom is -0.353 e. The minimum atomic E-state index is -0.556. The number of carbonyl (C=O) groups is 3. The molecule has 0 unspecified atom stereocenters. The molecule has 17 heavy (non-hydrogen) atoms. The fourth-order valence-electron chi connectivity index (χ4n) is 1.58. The monoisotopic (exact) mass is 241 g/mol. The van der Waals surface area contributed by atoms with Gasteiger partial charge in [-0.3, -0.25) is 19.3 Å². The molecule has 1 aliphatic heterocycles. The Morgan fingerprint density at radius 2 is 1.88 bits per heavy atom. The first-order valence-electron chi connectivity index (χ1n) is 5.80. The normalized spacial score (nSPS) is 17.8. The lowest BCUT2D eigenvalue weighted by Gasteiger charge is -2.17. The topological polar surface area (TPSA) is 92.5 Å². The van der Waals surface area contributed by atoms with Crippen LogP contribution in [0.15, 0.2) is 0 Å². The molecule has 6 heteroatoms. The molecule has 0 spiro atoms. The molecular weight excluding hydrogens is 222 g/mol. The quantitative estimate of drug-likeness (QED) is 0.618. The number of nitrogens with one attached hydrogen (secondary N) is 1. The number of nitrogens with two attached hydrogens (primary N) is 1. The summed E-state index contributed by atoms with van der Waals surface area (Å²) in [5.41, 5.74) is 5.65. The van der Waals surface area contributed by atoms with Gasteiger partial charge in [0.15, 0.2) is 0 Å². The van der Waals surface area contributed by atoms with Gasteiger partial charge in [-0.2, -0.15) is 0 Å². The number of carbonyl (C=O) groups excluding carboxylic acids is 3. The molecule has 96 valence electrons. The molecule has 3 amide bonds. The van der Waals surface area contributed by atoms with Crippen LogP contribution in [0.25, 0.3) is 0 Å². The first kappa shape index (κ1) is 13.6. The molecule has 0 bridgehead atoms. The van der Waals surface area contributed by atoms with Crippen LogP contribution in [0.4, 0.5) is 0 Å². The van der Waals surface area contributed by atoms with Crippen molar-refractivity contribution in [3.63, 3.8) is 0 Å². The lowest BCUT2D eigenvalue weighted by molar-refractivity contribution is -0.138. The summed E-state index contributed by atoms with van der Waals surface area (Å²) in [5, 5.41) is 2.62. The molecular formula is C11H19N3O3. The molecule has 3 N–H and O–H groups in total. The van der Waals surface area contributed by atoms with Crippen LogP contribution in [0, 0.1) is 5.92 Å². The maximum atomic E-state index is 11.5. The van der Waals surface area contributed by atoms with E-state index in [2.05, 4.69) is 5.32 Å². The van der Waals surface area contributed by atoms with Crippen molar-refractivity contribution in [2.24, 2.45) is 11.7 Å². The van der Waals surface area contributed by atoms with Crippen molar-refractivity contribution >= 4 is 17.7 Å². The highest BCUT2D eigenvalue weighted by molar-refractivity contribution is 6.01. The van der Waals surface area contributed by atoms with Crippen molar-refractivity contribution < 1.29 is 14.4 Å². The van der Waals surface area contributed by atoms with E-state index < -0.39 is 6.04 Å². The molecule has 1 aliphatic rings. The van der Waals surface area contributed by atoms with Gasteiger partial charge >= 0.3 is 0 Å². The molecule has 1 saturated heterocycles. The van der Waals surface area contributed by atoms with Crippen LogP contribution in [0.3, 0.4) is 0 Å². The first-order chi connectivity index (χ1) is 7.93. The Labute approximate surface area is 101 Å². The summed E-state index contributed by atoms with van der Waals surface area (Å²) in [7, 11) is 0. The minimum absolute atomic E-state index is 0.0602. The fourth-order valence-corrected chi connectivity index (χ4v) is 1.58. The number of amides is 3. The molecule has 1 atom stereocenters. The van der Waals surface area contributed by atoms with E-state index in [-0.39, 0.29) is 49.6 Å². The summed E-state index contributed by atoms with van der Waals surface area (Å²) in [5.74, 6) is -0.529. The Morgan fingerprint density at radius 1 is 1.35 bits per heavy atom. The molecule has 0 aliphatic carbocycles. The van der Waals surface area contributed by atoms with E-state index in [1.54, 1.807) is 0 Å². The van der Waals surface area contributed by atoms with Crippen LogP contribution in [0.1, 0.15) is 26.7 Å². The second-order valence-corrected chi connectivity index (χ2v) is 4.50. The predicted molar refractivity (Wildman–Crippen MR) is 61.8 cm³/mol. The highest BCUT2D eigenvalue weighted by atomic mass is 16.2. The zero-order valence-electron chi connectivity index (χ0n) is 10.2. The van der Waals surface area contributed by atoms with Gasteiger partial charge < -0.3 is 11.1 Å². The van der Waals surface area contributed by atoms with Gasteiger partial charge in [-0.1, -0.05) is 13.8 Å². The maximum Gasteiger partial charge on any atom is 0.237 e. The van der Waals surface area contributed by atoms with Crippen LogP contribution in [0.2, 0.25) is 0 Å². The lowest BCUT2D eigenvalue weighted by atomic mass is 10.1. The Kier molecular flexibility index (Phi) is 4.62. The summed E-state index contributed by atoms with van der Waals surface area (Å²) in [6.45, 7) is 4.21. The second kappa shape index (κ2) is 5.77. The number of likely N-dealkylation sites (tertiary alicyclic amines) is 1. The van der Waals surface area contributed by atoms with Gasteiger partial charge in [0.2, 0.25) is 17.7 Å². The van der Waals surface area contributed by atoms with E-state index in [1.807, 2.05) is 13.8 Å². The van der Waals surface area contributed by atoms with Crippen LogP contribution in [-0.2, 0) is 14.4 Å². The van der Waals surface area contributed by atoms with Crippen LogP contribution < -0.4 is 11.1 Å². The number of nitrogens with zero attached hydrogens (tertiary/aromatic N) is 1. The molecule has 6 nitrogen and oxygen atoms in total. The smallest absolute Gasteiger partial charge is 0.237 e. The first-order valence-corrected chi connectivity index (χ1v) is 5.80. The Bertz CT molecular complexity index is 312. The molecule has 0 radical (unpaired) electrons. The van der Waals surface area contributed by atoms with E-state index in [9.17, 15) is 14.4 Å². The van der Waals surface area contributed by atoms with Crippen molar-refractivity contribution in [3.05, 3.63) is 0 Å². The summed E-state index contributed by atoms with van der Waals surface area (Å²) < 4.78 is 0. The summed E-state index contributed by atoms with van der Waals surface area (Å²) in [4.78, 5) is 35.2. The largest absolute Gasteiger partial charge is 0.353 e. The molecule has 0 saturated carbocycles. The average molecular weight is 241 g/mol. The number of hydrogen-bond acceptors (Lipinski definition) is 4. The molecule has 0 aromatic heterocycles. The Morgan fingerprint density at radius 3 is 2.35 bits per heavy atom. The van der Waals surface area contributed by atoms with Crippen molar-refractivity contribution in [1.29, 1.82) is 0 Å². The van der Waals surface area contributed by atoms with Gasteiger partial charge in [-0.15, -0.1) is 0 Å². The maximum absolute atomic E-state index is 11.5. The van der Waals surface area contributed by atoms with Crippen LogP contribution in [-0.4, -0.2) is 41.8 Å². The summed E-state index contributed by atoms with van der Waals surface area (Å²) >= 11 is 0. The average Bonchev–Trinajstić information content (AvgIpc) is 2.59. The van der Waals surface area contributed by atoms with E-state index in [1.165, 1.54) is 4.90 Å². The third-order valence-corrected chi connectivity index (χ3v) is 2.81. The third kappa shape index (κ3) is 3.52. The van der Waals surface area contributed by atoms with Gasteiger partial charge in [-0.05, 0) is 5.92 Å². The SMILES string of the molecule is CC(C)[C@H](N)C(=O)NCCN1C(=O)CCC1=O.